The van der Waals surface area contributed by atoms with Gasteiger partial charge < -0.3 is 15.3 Å². The van der Waals surface area contributed by atoms with Crippen LogP contribution in [-0.2, 0) is 0 Å². The van der Waals surface area contributed by atoms with Gasteiger partial charge >= 0.3 is 0 Å². The highest BCUT2D eigenvalue weighted by Crippen LogP contribution is 2.20. The Morgan fingerprint density at radius 3 is 2.95 bits per heavy atom. The molecule has 0 aliphatic carbocycles. The molecular formula is C15H23N3O2. The minimum atomic E-state index is -0.0588. The predicted molar refractivity (Wildman–Crippen MR) is 78.9 cm³/mol. The first-order valence-electron chi connectivity index (χ1n) is 7.24. The molecule has 1 atom stereocenters. The summed E-state index contributed by atoms with van der Waals surface area (Å²) in [4.78, 5) is 18.8. The molecule has 1 aliphatic rings. The van der Waals surface area contributed by atoms with Gasteiger partial charge in [-0.1, -0.05) is 12.8 Å². The number of aryl methyl sites for hydroxylation is 1. The largest absolute Gasteiger partial charge is 0.394 e. The van der Waals surface area contributed by atoms with Gasteiger partial charge in [-0.2, -0.15) is 0 Å². The topological polar surface area (TPSA) is 65.5 Å². The molecule has 20 heavy (non-hydrogen) atoms. The molecule has 1 amide bonds. The number of aliphatic hydroxyl groups excluding tert-OH is 1. The monoisotopic (exact) mass is 277 g/mol. The molecule has 110 valence electrons. The summed E-state index contributed by atoms with van der Waals surface area (Å²) in [5, 5.41) is 12.5. The number of amides is 1. The molecule has 1 saturated heterocycles. The van der Waals surface area contributed by atoms with Gasteiger partial charge in [0.15, 0.2) is 0 Å². The number of hydrogen-bond acceptors (Lipinski definition) is 4. The number of nitrogens with zero attached hydrogens (tertiary/aromatic N) is 2. The summed E-state index contributed by atoms with van der Waals surface area (Å²) >= 11 is 0. The van der Waals surface area contributed by atoms with Crippen molar-refractivity contribution in [3.8, 4) is 0 Å². The molecule has 1 aliphatic heterocycles. The van der Waals surface area contributed by atoms with Gasteiger partial charge in [0.1, 0.15) is 5.82 Å². The Bertz CT molecular complexity index is 476. The first kappa shape index (κ1) is 14.8. The van der Waals surface area contributed by atoms with Gasteiger partial charge in [0, 0.05) is 24.8 Å². The standard InChI is InChI=1S/C15H23N3O2/c1-11-8-12(9-14(16-2)17-11)15(20)18-7-5-3-4-6-13(18)10-19/h8-9,13,19H,3-7,10H2,1-2H3,(H,16,17). The van der Waals surface area contributed by atoms with E-state index < -0.39 is 0 Å². The number of rotatable bonds is 3. The lowest BCUT2D eigenvalue weighted by Crippen LogP contribution is -2.42. The summed E-state index contributed by atoms with van der Waals surface area (Å²) in [6.45, 7) is 2.64. The lowest BCUT2D eigenvalue weighted by atomic mass is 10.1. The smallest absolute Gasteiger partial charge is 0.254 e. The minimum absolute atomic E-state index is 0.00653. The van der Waals surface area contributed by atoms with E-state index in [0.29, 0.717) is 11.4 Å². The van der Waals surface area contributed by atoms with Crippen molar-refractivity contribution >= 4 is 11.7 Å². The molecule has 0 saturated carbocycles. The first-order valence-corrected chi connectivity index (χ1v) is 7.24. The van der Waals surface area contributed by atoms with Crippen LogP contribution >= 0.6 is 0 Å². The number of hydrogen-bond donors (Lipinski definition) is 2. The van der Waals surface area contributed by atoms with Gasteiger partial charge in [-0.3, -0.25) is 4.79 Å². The lowest BCUT2D eigenvalue weighted by Gasteiger charge is -2.29. The highest BCUT2D eigenvalue weighted by molar-refractivity contribution is 5.95. The highest BCUT2D eigenvalue weighted by Gasteiger charge is 2.26. The second kappa shape index (κ2) is 6.70. The molecule has 1 aromatic heterocycles. The van der Waals surface area contributed by atoms with Crippen LogP contribution in [0.15, 0.2) is 12.1 Å². The van der Waals surface area contributed by atoms with E-state index in [0.717, 1.165) is 37.9 Å². The SMILES string of the molecule is CNc1cc(C(=O)N2CCCCCC2CO)cc(C)n1. The molecule has 5 nitrogen and oxygen atoms in total. The second-order valence-electron chi connectivity index (χ2n) is 5.32. The molecule has 0 spiro atoms. The fourth-order valence-electron chi connectivity index (χ4n) is 2.72. The molecule has 2 N–H and O–H groups in total. The molecule has 5 heteroatoms. The van der Waals surface area contributed by atoms with E-state index in [-0.39, 0.29) is 18.6 Å². The van der Waals surface area contributed by atoms with Crippen molar-refractivity contribution in [2.45, 2.75) is 38.6 Å². The van der Waals surface area contributed by atoms with Crippen LogP contribution in [-0.4, -0.2) is 47.1 Å². The Morgan fingerprint density at radius 2 is 2.25 bits per heavy atom. The number of aromatic nitrogens is 1. The van der Waals surface area contributed by atoms with E-state index in [1.807, 2.05) is 17.9 Å². The van der Waals surface area contributed by atoms with Crippen molar-refractivity contribution in [2.24, 2.45) is 0 Å². The maximum Gasteiger partial charge on any atom is 0.254 e. The van der Waals surface area contributed by atoms with Crippen molar-refractivity contribution < 1.29 is 9.90 Å². The van der Waals surface area contributed by atoms with Crippen LogP contribution < -0.4 is 5.32 Å². The Kier molecular flexibility index (Phi) is 4.95. The van der Waals surface area contributed by atoms with Crippen molar-refractivity contribution in [2.75, 3.05) is 25.5 Å². The molecule has 1 fully saturated rings. The normalized spacial score (nSPS) is 19.6. The van der Waals surface area contributed by atoms with E-state index in [1.165, 1.54) is 0 Å². The van der Waals surface area contributed by atoms with E-state index in [2.05, 4.69) is 10.3 Å². The lowest BCUT2D eigenvalue weighted by molar-refractivity contribution is 0.0599. The average molecular weight is 277 g/mol. The zero-order chi connectivity index (χ0) is 14.5. The van der Waals surface area contributed by atoms with Crippen molar-refractivity contribution in [3.05, 3.63) is 23.4 Å². The summed E-state index contributed by atoms with van der Waals surface area (Å²) in [5.74, 6) is 0.691. The third-order valence-electron chi connectivity index (χ3n) is 3.81. The van der Waals surface area contributed by atoms with E-state index >= 15 is 0 Å². The fourth-order valence-corrected chi connectivity index (χ4v) is 2.72. The van der Waals surface area contributed by atoms with Crippen LogP contribution in [0.25, 0.3) is 0 Å². The Morgan fingerprint density at radius 1 is 1.45 bits per heavy atom. The van der Waals surface area contributed by atoms with E-state index in [4.69, 9.17) is 0 Å². The van der Waals surface area contributed by atoms with Crippen LogP contribution in [0.2, 0.25) is 0 Å². The number of pyridine rings is 1. The fraction of sp³-hybridized carbons (Fsp3) is 0.600. The van der Waals surface area contributed by atoms with Crippen molar-refractivity contribution in [1.29, 1.82) is 0 Å². The maximum absolute atomic E-state index is 12.7. The minimum Gasteiger partial charge on any atom is -0.394 e. The average Bonchev–Trinajstić information content (AvgIpc) is 2.70. The zero-order valence-corrected chi connectivity index (χ0v) is 12.2. The quantitative estimate of drug-likeness (QED) is 0.884. The molecule has 0 aromatic carbocycles. The summed E-state index contributed by atoms with van der Waals surface area (Å²) in [6, 6.07) is 3.52. The van der Waals surface area contributed by atoms with Gasteiger partial charge in [0.2, 0.25) is 0 Å². The van der Waals surface area contributed by atoms with Gasteiger partial charge in [0.05, 0.1) is 12.6 Å². The number of carbonyl (C=O) groups excluding carboxylic acids is 1. The van der Waals surface area contributed by atoms with E-state index in [9.17, 15) is 9.90 Å². The van der Waals surface area contributed by atoms with E-state index in [1.54, 1.807) is 13.1 Å². The van der Waals surface area contributed by atoms with Crippen molar-refractivity contribution in [1.82, 2.24) is 9.88 Å². The molecular weight excluding hydrogens is 254 g/mol. The third-order valence-corrected chi connectivity index (χ3v) is 3.81. The van der Waals surface area contributed by atoms with Gasteiger partial charge in [-0.25, -0.2) is 4.98 Å². The molecule has 0 radical (unpaired) electrons. The summed E-state index contributed by atoms with van der Waals surface area (Å²) in [6.07, 6.45) is 4.08. The third kappa shape index (κ3) is 3.28. The van der Waals surface area contributed by atoms with Crippen LogP contribution in [0.3, 0.4) is 0 Å². The number of anilines is 1. The van der Waals surface area contributed by atoms with Gasteiger partial charge in [-0.05, 0) is 31.9 Å². The second-order valence-corrected chi connectivity index (χ2v) is 5.32. The number of likely N-dealkylation sites (tertiary alicyclic amines) is 1. The van der Waals surface area contributed by atoms with Gasteiger partial charge in [0.25, 0.3) is 5.91 Å². The Labute approximate surface area is 120 Å². The van der Waals surface area contributed by atoms with Gasteiger partial charge in [-0.15, -0.1) is 0 Å². The summed E-state index contributed by atoms with van der Waals surface area (Å²) in [7, 11) is 1.79. The molecule has 2 heterocycles. The zero-order valence-electron chi connectivity index (χ0n) is 12.2. The summed E-state index contributed by atoms with van der Waals surface area (Å²) < 4.78 is 0. The predicted octanol–water partition coefficient (Wildman–Crippen LogP) is 1.81. The molecule has 2 rings (SSSR count). The van der Waals surface area contributed by atoms with Crippen molar-refractivity contribution in [3.63, 3.8) is 0 Å². The number of nitrogens with one attached hydrogen (secondary N) is 1. The first-order chi connectivity index (χ1) is 9.65. The van der Waals surface area contributed by atoms with Crippen LogP contribution in [0.4, 0.5) is 5.82 Å². The van der Waals surface area contributed by atoms with Crippen LogP contribution in [0.5, 0.6) is 0 Å². The Hall–Kier alpha value is -1.62. The summed E-state index contributed by atoms with van der Waals surface area (Å²) in [5.41, 5.74) is 1.46. The number of aliphatic hydroxyl groups is 1. The highest BCUT2D eigenvalue weighted by atomic mass is 16.3. The molecule has 0 bridgehead atoms. The maximum atomic E-state index is 12.7. The molecule has 1 unspecified atom stereocenters. The molecule has 1 aromatic rings. The number of carbonyl (C=O) groups is 1. The van der Waals surface area contributed by atoms with Crippen LogP contribution in [0.1, 0.15) is 41.7 Å². The Balaban J connectivity index is 2.26. The van der Waals surface area contributed by atoms with Crippen LogP contribution in [0, 0.1) is 6.92 Å².